The summed E-state index contributed by atoms with van der Waals surface area (Å²) in [6.07, 6.45) is 6.35. The van der Waals surface area contributed by atoms with Crippen molar-refractivity contribution in [1.29, 1.82) is 0 Å². The van der Waals surface area contributed by atoms with Gasteiger partial charge in [0.1, 0.15) is 6.10 Å². The van der Waals surface area contributed by atoms with E-state index in [1.165, 1.54) is 6.20 Å². The first kappa shape index (κ1) is 16.4. The van der Waals surface area contributed by atoms with Crippen LogP contribution in [-0.4, -0.2) is 53.1 Å². The summed E-state index contributed by atoms with van der Waals surface area (Å²) in [5, 5.41) is 7.01. The van der Waals surface area contributed by atoms with Crippen molar-refractivity contribution >= 4 is 5.91 Å². The van der Waals surface area contributed by atoms with E-state index in [1.807, 2.05) is 7.05 Å². The van der Waals surface area contributed by atoms with Gasteiger partial charge in [-0.25, -0.2) is 0 Å². The zero-order chi connectivity index (χ0) is 16.9. The number of methoxy groups -OCH3 is 1. The number of aryl methyl sites for hydroxylation is 1. The Hall–Kier alpha value is -2.45. The van der Waals surface area contributed by atoms with Gasteiger partial charge in [0.05, 0.1) is 43.8 Å². The van der Waals surface area contributed by atoms with Crippen molar-refractivity contribution in [1.82, 2.24) is 20.1 Å². The molecule has 1 saturated heterocycles. The number of nitrogens with zero attached hydrogens (tertiary/aromatic N) is 3. The van der Waals surface area contributed by atoms with Gasteiger partial charge in [-0.05, 0) is 11.6 Å². The molecule has 1 aliphatic rings. The monoisotopic (exact) mass is 332 g/mol. The van der Waals surface area contributed by atoms with Crippen molar-refractivity contribution in [2.75, 3.05) is 20.3 Å². The largest absolute Gasteiger partial charge is 0.482 e. The molecule has 8 nitrogen and oxygen atoms in total. The first-order valence-corrected chi connectivity index (χ1v) is 7.62. The summed E-state index contributed by atoms with van der Waals surface area (Å²) < 4.78 is 18.0. The van der Waals surface area contributed by atoms with Gasteiger partial charge in [-0.3, -0.25) is 14.5 Å². The molecular weight excluding hydrogens is 312 g/mol. The predicted molar refractivity (Wildman–Crippen MR) is 84.6 cm³/mol. The first-order valence-electron chi connectivity index (χ1n) is 7.62. The highest BCUT2D eigenvalue weighted by molar-refractivity contribution is 5.94. The number of pyridine rings is 1. The molecule has 0 radical (unpaired) electrons. The Kier molecular flexibility index (Phi) is 5.07. The summed E-state index contributed by atoms with van der Waals surface area (Å²) >= 11 is 0. The molecule has 3 rings (SSSR count). The smallest absolute Gasteiger partial charge is 0.253 e. The number of ether oxygens (including phenoxy) is 3. The third-order valence-corrected chi connectivity index (χ3v) is 3.68. The van der Waals surface area contributed by atoms with Crippen LogP contribution in [0.2, 0.25) is 0 Å². The van der Waals surface area contributed by atoms with Crippen molar-refractivity contribution in [2.24, 2.45) is 7.05 Å². The maximum absolute atomic E-state index is 12.4. The molecule has 1 fully saturated rings. The van der Waals surface area contributed by atoms with Crippen LogP contribution in [0.15, 0.2) is 30.9 Å². The number of hydrogen-bond donors (Lipinski definition) is 1. The summed E-state index contributed by atoms with van der Waals surface area (Å²) in [6, 6.07) is 1.53. The molecule has 2 atom stereocenters. The SMILES string of the molecule is COCc1cncc(C(=O)N[C@H]2COC[C@H]2Oc2cnn(C)c2)c1. The minimum Gasteiger partial charge on any atom is -0.482 e. The van der Waals surface area contributed by atoms with Crippen molar-refractivity contribution in [2.45, 2.75) is 18.8 Å². The van der Waals surface area contributed by atoms with Gasteiger partial charge >= 0.3 is 0 Å². The molecule has 24 heavy (non-hydrogen) atoms. The molecule has 1 N–H and O–H groups in total. The molecule has 0 unspecified atom stereocenters. The fourth-order valence-corrected chi connectivity index (χ4v) is 2.53. The van der Waals surface area contributed by atoms with Crippen LogP contribution in [0.4, 0.5) is 0 Å². The first-order chi connectivity index (χ1) is 11.7. The number of amides is 1. The number of aromatic nitrogens is 3. The normalized spacial score (nSPS) is 20.1. The lowest BCUT2D eigenvalue weighted by Gasteiger charge is -2.19. The average Bonchev–Trinajstić information content (AvgIpc) is 3.18. The Labute approximate surface area is 139 Å². The minimum atomic E-state index is -0.256. The Morgan fingerprint density at radius 3 is 3.04 bits per heavy atom. The number of nitrogens with one attached hydrogen (secondary N) is 1. The van der Waals surface area contributed by atoms with E-state index in [-0.39, 0.29) is 18.1 Å². The van der Waals surface area contributed by atoms with E-state index < -0.39 is 0 Å². The molecule has 1 aliphatic heterocycles. The van der Waals surface area contributed by atoms with Gasteiger partial charge < -0.3 is 19.5 Å². The summed E-state index contributed by atoms with van der Waals surface area (Å²) in [5.41, 5.74) is 1.33. The second-order valence-electron chi connectivity index (χ2n) is 5.64. The van der Waals surface area contributed by atoms with Crippen LogP contribution < -0.4 is 10.1 Å². The fraction of sp³-hybridized carbons (Fsp3) is 0.438. The summed E-state index contributed by atoms with van der Waals surface area (Å²) in [4.78, 5) is 16.5. The molecule has 2 aromatic rings. The van der Waals surface area contributed by atoms with Crippen molar-refractivity contribution in [3.8, 4) is 5.75 Å². The van der Waals surface area contributed by atoms with Gasteiger partial charge in [-0.1, -0.05) is 0 Å². The van der Waals surface area contributed by atoms with Crippen molar-refractivity contribution in [3.05, 3.63) is 42.0 Å². The highest BCUT2D eigenvalue weighted by Crippen LogP contribution is 2.16. The lowest BCUT2D eigenvalue weighted by atomic mass is 10.1. The molecule has 1 amide bonds. The van der Waals surface area contributed by atoms with E-state index >= 15 is 0 Å². The van der Waals surface area contributed by atoms with Gasteiger partial charge in [-0.2, -0.15) is 5.10 Å². The number of carbonyl (C=O) groups excluding carboxylic acids is 1. The molecular formula is C16H20N4O4. The molecule has 128 valence electrons. The van der Waals surface area contributed by atoms with E-state index in [2.05, 4.69) is 15.4 Å². The zero-order valence-electron chi connectivity index (χ0n) is 13.6. The Morgan fingerprint density at radius 2 is 2.29 bits per heavy atom. The van der Waals surface area contributed by atoms with Crippen LogP contribution in [0.3, 0.4) is 0 Å². The van der Waals surface area contributed by atoms with E-state index in [0.29, 0.717) is 31.1 Å². The molecule has 8 heteroatoms. The zero-order valence-corrected chi connectivity index (χ0v) is 13.6. The number of rotatable bonds is 6. The van der Waals surface area contributed by atoms with Crippen LogP contribution in [0.25, 0.3) is 0 Å². The quantitative estimate of drug-likeness (QED) is 0.831. The number of hydrogen-bond acceptors (Lipinski definition) is 6. The average molecular weight is 332 g/mol. The standard InChI is InChI=1S/C16H20N4O4/c1-20-7-13(6-18-20)24-15-10-23-9-14(15)19-16(21)12-3-11(8-22-2)4-17-5-12/h3-7,14-15H,8-10H2,1-2H3,(H,19,21)/t14-,15+/m0/s1. The molecule has 3 heterocycles. The third kappa shape index (κ3) is 3.90. The van der Waals surface area contributed by atoms with Crippen molar-refractivity contribution < 1.29 is 19.0 Å². The molecule has 0 bridgehead atoms. The van der Waals surface area contributed by atoms with Gasteiger partial charge in [0.25, 0.3) is 5.91 Å². The molecule has 0 spiro atoms. The van der Waals surface area contributed by atoms with Gasteiger partial charge in [0.15, 0.2) is 5.75 Å². The van der Waals surface area contributed by atoms with Gasteiger partial charge in [0.2, 0.25) is 0 Å². The predicted octanol–water partition coefficient (Wildman–Crippen LogP) is 0.538. The fourth-order valence-electron chi connectivity index (χ4n) is 2.53. The summed E-state index contributed by atoms with van der Waals surface area (Å²) in [7, 11) is 3.42. The van der Waals surface area contributed by atoms with Gasteiger partial charge in [-0.15, -0.1) is 0 Å². The number of carbonyl (C=O) groups is 1. The maximum Gasteiger partial charge on any atom is 0.253 e. The highest BCUT2D eigenvalue weighted by Gasteiger charge is 2.32. The minimum absolute atomic E-state index is 0.212. The highest BCUT2D eigenvalue weighted by atomic mass is 16.5. The Bertz CT molecular complexity index is 703. The van der Waals surface area contributed by atoms with E-state index in [9.17, 15) is 4.79 Å². The molecule has 0 aliphatic carbocycles. The lowest BCUT2D eigenvalue weighted by molar-refractivity contribution is 0.0903. The summed E-state index contributed by atoms with van der Waals surface area (Å²) in [5.74, 6) is 0.437. The van der Waals surface area contributed by atoms with E-state index in [1.54, 1.807) is 36.4 Å². The van der Waals surface area contributed by atoms with Crippen LogP contribution in [0, 0.1) is 0 Å². The van der Waals surface area contributed by atoms with E-state index in [0.717, 1.165) is 5.56 Å². The van der Waals surface area contributed by atoms with Crippen LogP contribution in [0.1, 0.15) is 15.9 Å². The van der Waals surface area contributed by atoms with E-state index in [4.69, 9.17) is 14.2 Å². The van der Waals surface area contributed by atoms with Crippen molar-refractivity contribution in [3.63, 3.8) is 0 Å². The van der Waals surface area contributed by atoms with Crippen LogP contribution in [-0.2, 0) is 23.1 Å². The molecule has 2 aromatic heterocycles. The molecule has 0 aromatic carbocycles. The second kappa shape index (κ2) is 7.41. The third-order valence-electron chi connectivity index (χ3n) is 3.68. The molecule has 0 saturated carbocycles. The Balaban J connectivity index is 1.63. The lowest BCUT2D eigenvalue weighted by Crippen LogP contribution is -2.45. The van der Waals surface area contributed by atoms with Crippen LogP contribution >= 0.6 is 0 Å². The maximum atomic E-state index is 12.4. The topological polar surface area (TPSA) is 87.5 Å². The Morgan fingerprint density at radius 1 is 1.42 bits per heavy atom. The van der Waals surface area contributed by atoms with Gasteiger partial charge in [0, 0.05) is 26.6 Å². The summed E-state index contributed by atoms with van der Waals surface area (Å²) in [6.45, 7) is 1.23. The van der Waals surface area contributed by atoms with Crippen LogP contribution in [0.5, 0.6) is 5.75 Å². The second-order valence-corrected chi connectivity index (χ2v) is 5.64.